The van der Waals surface area contributed by atoms with Gasteiger partial charge in [0.2, 0.25) is 18.4 Å². The van der Waals surface area contributed by atoms with E-state index in [1.165, 1.54) is 21.3 Å². The highest BCUT2D eigenvalue weighted by atomic mass is 32.1. The molecule has 0 bridgehead atoms. The smallest absolute Gasteiger partial charge is 0.242 e. The van der Waals surface area contributed by atoms with Crippen LogP contribution in [0.3, 0.4) is 0 Å². The molecule has 1 amide bonds. The average molecular weight is 660 g/mol. The first-order valence-electron chi connectivity index (χ1n) is 15.1. The number of rotatable bonds is 7. The van der Waals surface area contributed by atoms with Gasteiger partial charge in [0.25, 0.3) is 0 Å². The molecule has 0 saturated carbocycles. The first-order chi connectivity index (χ1) is 21.8. The molecule has 2 aromatic rings. The predicted molar refractivity (Wildman–Crippen MR) is 170 cm³/mol. The van der Waals surface area contributed by atoms with Crippen LogP contribution in [-0.4, -0.2) is 78.1 Å². The van der Waals surface area contributed by atoms with Crippen LogP contribution in [0.25, 0.3) is 0 Å². The van der Waals surface area contributed by atoms with Crippen LogP contribution in [0.15, 0.2) is 24.3 Å². The van der Waals surface area contributed by atoms with E-state index in [-0.39, 0.29) is 17.9 Å². The number of piperidine rings is 1. The normalized spacial score (nSPS) is 24.8. The van der Waals surface area contributed by atoms with Gasteiger partial charge in [-0.25, -0.2) is 0 Å². The molecular formula is C32H43N4O9S. The number of methoxy groups -OCH3 is 3. The molecule has 4 atom stereocenters. The van der Waals surface area contributed by atoms with Gasteiger partial charge in [0, 0.05) is 35.6 Å². The second-order valence-electron chi connectivity index (χ2n) is 13.2. The summed E-state index contributed by atoms with van der Waals surface area (Å²) in [5, 5.41) is 39.5. The molecule has 0 aromatic heterocycles. The van der Waals surface area contributed by atoms with Crippen molar-refractivity contribution >= 4 is 23.2 Å². The zero-order valence-electron chi connectivity index (χ0n) is 27.1. The maximum Gasteiger partial charge on any atom is 0.242 e. The molecule has 1 fully saturated rings. The number of carbonyl (C=O) groups is 1. The summed E-state index contributed by atoms with van der Waals surface area (Å²) >= 11 is 5.54. The van der Waals surface area contributed by atoms with Crippen molar-refractivity contribution in [2.75, 3.05) is 34.7 Å². The van der Waals surface area contributed by atoms with Crippen LogP contribution >= 0.6 is 12.2 Å². The molecule has 14 heteroatoms. The number of hydrazine groups is 1. The molecule has 0 unspecified atom stereocenters. The minimum absolute atomic E-state index is 0.0209. The Bertz CT molecular complexity index is 1440. The molecule has 2 aliphatic heterocycles. The topological polar surface area (TPSA) is 163 Å². The lowest BCUT2D eigenvalue weighted by Crippen LogP contribution is -2.63. The second-order valence-corrected chi connectivity index (χ2v) is 13.6. The Kier molecular flexibility index (Phi) is 9.49. The van der Waals surface area contributed by atoms with Crippen LogP contribution in [0.4, 0.5) is 0 Å². The van der Waals surface area contributed by atoms with E-state index < -0.39 is 47.4 Å². The van der Waals surface area contributed by atoms with Crippen molar-refractivity contribution in [1.29, 1.82) is 0 Å². The summed E-state index contributed by atoms with van der Waals surface area (Å²) in [4.78, 5) is 14.1. The number of hydroxylamine groups is 2. The van der Waals surface area contributed by atoms with Crippen molar-refractivity contribution in [3.05, 3.63) is 41.0 Å². The van der Waals surface area contributed by atoms with Gasteiger partial charge >= 0.3 is 0 Å². The number of hydrogen-bond donors (Lipinski definition) is 5. The van der Waals surface area contributed by atoms with Crippen molar-refractivity contribution in [3.8, 4) is 28.7 Å². The Morgan fingerprint density at radius 1 is 0.957 bits per heavy atom. The lowest BCUT2D eigenvalue weighted by atomic mass is 9.65. The highest BCUT2D eigenvalue weighted by Crippen LogP contribution is 2.53. The monoisotopic (exact) mass is 659 g/mol. The van der Waals surface area contributed by atoms with Gasteiger partial charge in [-0.05, 0) is 93.7 Å². The van der Waals surface area contributed by atoms with E-state index >= 15 is 0 Å². The van der Waals surface area contributed by atoms with E-state index in [1.54, 1.807) is 24.3 Å². The lowest BCUT2D eigenvalue weighted by Gasteiger charge is -2.50. The van der Waals surface area contributed by atoms with Gasteiger partial charge in [0.05, 0.1) is 33.4 Å². The number of amides is 1. The zero-order valence-corrected chi connectivity index (χ0v) is 27.9. The summed E-state index contributed by atoms with van der Waals surface area (Å²) in [6, 6.07) is 6.83. The fourth-order valence-corrected chi connectivity index (χ4v) is 7.60. The zero-order chi connectivity index (χ0) is 33.6. The number of aliphatic hydroxyl groups excluding tert-OH is 2. The Hall–Kier alpha value is -3.56. The third-order valence-electron chi connectivity index (χ3n) is 9.24. The maximum atomic E-state index is 14.1. The number of ether oxygens (including phenoxy) is 5. The molecule has 5 rings (SSSR count). The molecule has 46 heavy (non-hydrogen) atoms. The molecule has 5 N–H and O–H groups in total. The van der Waals surface area contributed by atoms with E-state index in [0.29, 0.717) is 58.3 Å². The number of hydrogen-bond acceptors (Lipinski definition) is 10. The third kappa shape index (κ3) is 6.11. The van der Waals surface area contributed by atoms with Gasteiger partial charge < -0.3 is 39.2 Å². The third-order valence-corrected chi connectivity index (χ3v) is 9.46. The van der Waals surface area contributed by atoms with Crippen molar-refractivity contribution in [2.24, 2.45) is 11.8 Å². The molecule has 251 valence electrons. The number of nitrogens with zero attached hydrogens (tertiary/aromatic N) is 1. The van der Waals surface area contributed by atoms with Gasteiger partial charge in [0.15, 0.2) is 28.1 Å². The quantitative estimate of drug-likeness (QED) is 0.219. The molecule has 1 aliphatic carbocycles. The molecule has 2 heterocycles. The minimum Gasteiger partial charge on any atom is -0.493 e. The summed E-state index contributed by atoms with van der Waals surface area (Å²) in [6.07, 6.45) is -0.101. The highest BCUT2D eigenvalue weighted by molar-refractivity contribution is 7.80. The van der Waals surface area contributed by atoms with Crippen LogP contribution in [-0.2, 0) is 10.0 Å². The standard InChI is InChI=1S/C32H43N4O9S/c1-31(2)12-17(13-32(3,4)36(31)40)33-30(46)35-34-29(39)26-20(14-37)27(38)19-11-22-21(44-15-45-22)10-18(19)25(26)16-8-23(41-5)28(43-7)24(9-16)42-6/h8-11,17,20,25-27,37-38H,12-15H2,1-7H3,(H,34,39)(H2,33,35,46)/t20-,25+,26-,27-/m0/s1. The number of fused-ring (bicyclic) bond motifs is 2. The van der Waals surface area contributed by atoms with Crippen LogP contribution in [0.2, 0.25) is 0 Å². The Labute approximate surface area is 274 Å². The van der Waals surface area contributed by atoms with Crippen LogP contribution in [0.5, 0.6) is 28.7 Å². The molecule has 2 aromatic carbocycles. The summed E-state index contributed by atoms with van der Waals surface area (Å²) in [5.74, 6) is -1.05. The summed E-state index contributed by atoms with van der Waals surface area (Å²) < 4.78 is 28.0. The minimum atomic E-state index is -1.20. The van der Waals surface area contributed by atoms with Crippen molar-refractivity contribution < 1.29 is 43.9 Å². The first-order valence-corrected chi connectivity index (χ1v) is 15.5. The maximum absolute atomic E-state index is 14.1. The molecular weight excluding hydrogens is 616 g/mol. The van der Waals surface area contributed by atoms with E-state index in [0.717, 1.165) is 5.06 Å². The van der Waals surface area contributed by atoms with Crippen LogP contribution in [0, 0.1) is 11.8 Å². The number of benzene rings is 2. The number of aliphatic hydroxyl groups is 2. The van der Waals surface area contributed by atoms with Crippen molar-refractivity contribution in [3.63, 3.8) is 0 Å². The Morgan fingerprint density at radius 2 is 1.52 bits per heavy atom. The SMILES string of the molecule is COc1cc([C@@H]2c3cc4c(cc3[C@H](O)[C@@H](CO)[C@@H]2C(=O)NNC(=S)NC2CC(C)(C)N([O])C(C)(C)C2)OCO4)cc(OC)c1OC. The van der Waals surface area contributed by atoms with E-state index in [1.807, 2.05) is 27.7 Å². The van der Waals surface area contributed by atoms with Crippen LogP contribution < -0.4 is 39.9 Å². The van der Waals surface area contributed by atoms with E-state index in [9.17, 15) is 20.2 Å². The summed E-state index contributed by atoms with van der Waals surface area (Å²) in [5.41, 5.74) is 6.04. The average Bonchev–Trinajstić information content (AvgIpc) is 3.48. The predicted octanol–water partition coefficient (Wildman–Crippen LogP) is 2.71. The molecule has 1 saturated heterocycles. The van der Waals surface area contributed by atoms with Gasteiger partial charge in [0.1, 0.15) is 0 Å². The Balaban J connectivity index is 1.48. The molecule has 3 aliphatic rings. The van der Waals surface area contributed by atoms with Crippen molar-refractivity contribution in [2.45, 2.75) is 69.7 Å². The van der Waals surface area contributed by atoms with Gasteiger partial charge in [-0.2, -0.15) is 0 Å². The van der Waals surface area contributed by atoms with Gasteiger partial charge in [-0.15, -0.1) is 10.3 Å². The van der Waals surface area contributed by atoms with Crippen LogP contribution in [0.1, 0.15) is 69.2 Å². The Morgan fingerprint density at radius 3 is 2.04 bits per heavy atom. The van der Waals surface area contributed by atoms with E-state index in [4.69, 9.17) is 35.9 Å². The number of thiocarbonyl (C=S) groups is 1. The summed E-state index contributed by atoms with van der Waals surface area (Å²) in [6.45, 7) is 7.10. The first kappa shape index (κ1) is 33.8. The summed E-state index contributed by atoms with van der Waals surface area (Å²) in [7, 11) is 4.50. The van der Waals surface area contributed by atoms with E-state index in [2.05, 4.69) is 16.2 Å². The largest absolute Gasteiger partial charge is 0.493 e. The number of nitrogens with one attached hydrogen (secondary N) is 3. The fraction of sp³-hybridized carbons (Fsp3) is 0.562. The van der Waals surface area contributed by atoms with Gasteiger partial charge in [-0.3, -0.25) is 15.6 Å². The van der Waals surface area contributed by atoms with Gasteiger partial charge in [-0.1, -0.05) is 0 Å². The second kappa shape index (κ2) is 12.9. The highest BCUT2D eigenvalue weighted by Gasteiger charge is 2.49. The van der Waals surface area contributed by atoms with Crippen molar-refractivity contribution in [1.82, 2.24) is 21.2 Å². The molecule has 1 radical (unpaired) electrons. The molecule has 0 spiro atoms. The molecule has 13 nitrogen and oxygen atoms in total. The number of carbonyl (C=O) groups excluding carboxylic acids is 1. The lowest BCUT2D eigenvalue weighted by molar-refractivity contribution is -0.289. The fourth-order valence-electron chi connectivity index (χ4n) is 7.38.